The highest BCUT2D eigenvalue weighted by Gasteiger charge is 2.34. The first-order valence-corrected chi connectivity index (χ1v) is 11.7. The first kappa shape index (κ1) is 22.8. The molecule has 0 saturated carbocycles. The quantitative estimate of drug-likeness (QED) is 0.395. The molecule has 0 aliphatic carbocycles. The molecule has 180 valence electrons. The lowest BCUT2D eigenvalue weighted by atomic mass is 9.98. The fraction of sp³-hybridized carbons (Fsp3) is 0.400. The summed E-state index contributed by atoms with van der Waals surface area (Å²) in [6.45, 7) is 3.51. The van der Waals surface area contributed by atoms with E-state index in [9.17, 15) is 20.2 Å². The Balaban J connectivity index is 1.49. The van der Waals surface area contributed by atoms with Crippen LogP contribution in [0.15, 0.2) is 47.3 Å². The van der Waals surface area contributed by atoms with Crippen molar-refractivity contribution in [3.05, 3.63) is 68.6 Å². The van der Waals surface area contributed by atoms with Gasteiger partial charge in [0.15, 0.2) is 0 Å². The van der Waals surface area contributed by atoms with E-state index in [0.29, 0.717) is 30.0 Å². The predicted octanol–water partition coefficient (Wildman–Crippen LogP) is 2.84. The molecular weight excluding hydrogens is 448 g/mol. The standard InChI is InChI=1S/C25H26N6O4/c1-28-21-8-7-18(13-26)27-22(21)23(24(25(28)32)31(33)34)29-11-9-20(10-12-29)30(14-17-15-35-16-17)19-5-3-2-4-6-19/h2-8,17,20H,9-12,14-16H2,1H3. The number of hydrogen-bond acceptors (Lipinski definition) is 8. The maximum Gasteiger partial charge on any atom is 0.359 e. The Bertz CT molecular complexity index is 1350. The van der Waals surface area contributed by atoms with E-state index in [-0.39, 0.29) is 17.4 Å². The van der Waals surface area contributed by atoms with E-state index in [2.05, 4.69) is 22.0 Å². The van der Waals surface area contributed by atoms with Gasteiger partial charge in [-0.2, -0.15) is 5.26 Å². The molecule has 0 N–H and O–H groups in total. The summed E-state index contributed by atoms with van der Waals surface area (Å²) >= 11 is 0. The number of para-hydroxylation sites is 1. The third kappa shape index (κ3) is 4.19. The van der Waals surface area contributed by atoms with Gasteiger partial charge >= 0.3 is 11.2 Å². The van der Waals surface area contributed by atoms with Crippen molar-refractivity contribution in [3.8, 4) is 6.07 Å². The van der Waals surface area contributed by atoms with Crippen LogP contribution in [-0.2, 0) is 11.8 Å². The minimum Gasteiger partial charge on any atom is -0.381 e. The third-order valence-electron chi connectivity index (χ3n) is 6.96. The molecule has 0 radical (unpaired) electrons. The normalized spacial score (nSPS) is 16.6. The predicted molar refractivity (Wildman–Crippen MR) is 132 cm³/mol. The number of aryl methyl sites for hydroxylation is 1. The largest absolute Gasteiger partial charge is 0.381 e. The minimum atomic E-state index is -0.679. The van der Waals surface area contributed by atoms with Crippen molar-refractivity contribution >= 4 is 28.1 Å². The maximum atomic E-state index is 12.9. The Morgan fingerprint density at radius 3 is 2.51 bits per heavy atom. The molecule has 2 aliphatic rings. The first-order chi connectivity index (χ1) is 17.0. The van der Waals surface area contributed by atoms with Crippen molar-refractivity contribution in [1.29, 1.82) is 5.26 Å². The SMILES string of the molecule is Cn1c(=O)c([N+](=O)[O-])c(N2CCC(N(CC3COC3)c3ccccc3)CC2)c2nc(C#N)ccc21. The fourth-order valence-corrected chi connectivity index (χ4v) is 5.06. The molecule has 10 heteroatoms. The summed E-state index contributed by atoms with van der Waals surface area (Å²) in [5.41, 5.74) is 1.12. The summed E-state index contributed by atoms with van der Waals surface area (Å²) in [6, 6.07) is 15.7. The van der Waals surface area contributed by atoms with E-state index < -0.39 is 16.2 Å². The summed E-state index contributed by atoms with van der Waals surface area (Å²) in [7, 11) is 1.49. The Morgan fingerprint density at radius 1 is 1.20 bits per heavy atom. The molecule has 0 unspecified atom stereocenters. The van der Waals surface area contributed by atoms with Gasteiger partial charge in [-0.05, 0) is 37.1 Å². The minimum absolute atomic E-state index is 0.152. The summed E-state index contributed by atoms with van der Waals surface area (Å²) < 4.78 is 6.62. The number of nitrogens with zero attached hydrogens (tertiary/aromatic N) is 6. The van der Waals surface area contributed by atoms with Gasteiger partial charge in [0.2, 0.25) is 0 Å². The van der Waals surface area contributed by atoms with E-state index in [0.717, 1.165) is 38.3 Å². The van der Waals surface area contributed by atoms with Crippen molar-refractivity contribution in [2.45, 2.75) is 18.9 Å². The van der Waals surface area contributed by atoms with Crippen LogP contribution < -0.4 is 15.4 Å². The Labute approximate surface area is 202 Å². The van der Waals surface area contributed by atoms with Gasteiger partial charge in [0, 0.05) is 44.3 Å². The number of ether oxygens (including phenoxy) is 1. The van der Waals surface area contributed by atoms with Crippen LogP contribution >= 0.6 is 0 Å². The fourth-order valence-electron chi connectivity index (χ4n) is 5.06. The lowest BCUT2D eigenvalue weighted by molar-refractivity contribution is -0.385. The number of piperidine rings is 1. The number of nitro groups is 1. The molecular formula is C25H26N6O4. The topological polar surface area (TPSA) is 118 Å². The van der Waals surface area contributed by atoms with Crippen molar-refractivity contribution in [2.24, 2.45) is 13.0 Å². The molecule has 2 aliphatic heterocycles. The van der Waals surface area contributed by atoms with Gasteiger partial charge < -0.3 is 19.1 Å². The highest BCUT2D eigenvalue weighted by atomic mass is 16.6. The van der Waals surface area contributed by atoms with Crippen LogP contribution in [0.4, 0.5) is 17.1 Å². The van der Waals surface area contributed by atoms with Crippen molar-refractivity contribution in [3.63, 3.8) is 0 Å². The van der Waals surface area contributed by atoms with Gasteiger partial charge in [-0.1, -0.05) is 18.2 Å². The first-order valence-electron chi connectivity index (χ1n) is 11.7. The zero-order valence-electron chi connectivity index (χ0n) is 19.5. The number of rotatable bonds is 6. The third-order valence-corrected chi connectivity index (χ3v) is 6.96. The second-order valence-corrected chi connectivity index (χ2v) is 9.10. The summed E-state index contributed by atoms with van der Waals surface area (Å²) in [6.07, 6.45) is 1.54. The van der Waals surface area contributed by atoms with E-state index in [4.69, 9.17) is 4.74 Å². The molecule has 2 aromatic heterocycles. The zero-order valence-corrected chi connectivity index (χ0v) is 19.5. The van der Waals surface area contributed by atoms with Crippen LogP contribution in [0.2, 0.25) is 0 Å². The number of fused-ring (bicyclic) bond motifs is 1. The molecule has 35 heavy (non-hydrogen) atoms. The molecule has 1 aromatic carbocycles. The second kappa shape index (κ2) is 9.35. The van der Waals surface area contributed by atoms with Gasteiger partial charge in [-0.25, -0.2) is 4.98 Å². The average Bonchev–Trinajstić information content (AvgIpc) is 2.85. The molecule has 2 fully saturated rings. The van der Waals surface area contributed by atoms with Crippen LogP contribution in [0.3, 0.4) is 0 Å². The number of anilines is 2. The van der Waals surface area contributed by atoms with Gasteiger partial charge in [0.25, 0.3) is 0 Å². The number of pyridine rings is 2. The van der Waals surface area contributed by atoms with E-state index in [1.807, 2.05) is 29.2 Å². The molecule has 2 saturated heterocycles. The number of benzene rings is 1. The second-order valence-electron chi connectivity index (χ2n) is 9.10. The van der Waals surface area contributed by atoms with Gasteiger partial charge in [0.1, 0.15) is 23.0 Å². The highest BCUT2D eigenvalue weighted by Crippen LogP contribution is 2.35. The van der Waals surface area contributed by atoms with Crippen LogP contribution in [0.25, 0.3) is 11.0 Å². The summed E-state index contributed by atoms with van der Waals surface area (Å²) in [5.74, 6) is 0.490. The van der Waals surface area contributed by atoms with Crippen molar-refractivity contribution < 1.29 is 9.66 Å². The molecule has 3 aromatic rings. The number of hydrogen-bond donors (Lipinski definition) is 0. The maximum absolute atomic E-state index is 12.9. The van der Waals surface area contributed by atoms with Crippen LogP contribution in [0.1, 0.15) is 18.5 Å². The van der Waals surface area contributed by atoms with E-state index in [1.54, 1.807) is 6.07 Å². The monoisotopic (exact) mass is 474 g/mol. The Kier molecular flexibility index (Phi) is 6.09. The molecule has 0 bridgehead atoms. The zero-order chi connectivity index (χ0) is 24.5. The number of nitriles is 1. The lowest BCUT2D eigenvalue weighted by Crippen LogP contribution is -2.49. The summed E-state index contributed by atoms with van der Waals surface area (Å²) in [5, 5.41) is 21.4. The molecule has 0 spiro atoms. The Morgan fingerprint density at radius 2 is 1.91 bits per heavy atom. The summed E-state index contributed by atoms with van der Waals surface area (Å²) in [4.78, 5) is 33.0. The van der Waals surface area contributed by atoms with Crippen LogP contribution in [-0.4, -0.2) is 53.4 Å². The number of aromatic nitrogens is 2. The van der Waals surface area contributed by atoms with Gasteiger partial charge in [-0.15, -0.1) is 0 Å². The van der Waals surface area contributed by atoms with Crippen LogP contribution in [0.5, 0.6) is 0 Å². The highest BCUT2D eigenvalue weighted by molar-refractivity contribution is 5.94. The molecule has 0 amide bonds. The molecule has 5 rings (SSSR count). The van der Waals surface area contributed by atoms with Crippen molar-refractivity contribution in [1.82, 2.24) is 9.55 Å². The van der Waals surface area contributed by atoms with Crippen LogP contribution in [0, 0.1) is 27.4 Å². The smallest absolute Gasteiger partial charge is 0.359 e. The molecule has 10 nitrogen and oxygen atoms in total. The van der Waals surface area contributed by atoms with E-state index in [1.165, 1.54) is 17.7 Å². The molecule has 4 heterocycles. The van der Waals surface area contributed by atoms with Gasteiger partial charge in [0.05, 0.1) is 23.7 Å². The Hall–Kier alpha value is -3.97. The van der Waals surface area contributed by atoms with Crippen molar-refractivity contribution in [2.75, 3.05) is 42.6 Å². The van der Waals surface area contributed by atoms with E-state index >= 15 is 0 Å². The average molecular weight is 475 g/mol. The molecule has 0 atom stereocenters. The van der Waals surface area contributed by atoms with Gasteiger partial charge in [-0.3, -0.25) is 14.9 Å². The lowest BCUT2D eigenvalue weighted by Gasteiger charge is -2.43.